The molecule has 2 heterocycles. The van der Waals surface area contributed by atoms with Crippen LogP contribution in [-0.2, 0) is 0 Å². The van der Waals surface area contributed by atoms with Gasteiger partial charge in [0.1, 0.15) is 10.4 Å². The maximum Gasteiger partial charge on any atom is 0.251 e. The van der Waals surface area contributed by atoms with Crippen LogP contribution < -0.4 is 4.90 Å². The third kappa shape index (κ3) is 2.96. The summed E-state index contributed by atoms with van der Waals surface area (Å²) in [5, 5.41) is 0. The number of aromatic nitrogens is 1. The quantitative estimate of drug-likeness (QED) is 0.691. The van der Waals surface area contributed by atoms with Gasteiger partial charge in [-0.15, -0.1) is 0 Å². The highest BCUT2D eigenvalue weighted by molar-refractivity contribution is 9.13. The highest BCUT2D eigenvalue weighted by Gasteiger charge is 2.34. The molecule has 0 unspecified atom stereocenters. The number of halogens is 4. The Kier molecular flexibility index (Phi) is 3.73. The summed E-state index contributed by atoms with van der Waals surface area (Å²) in [7, 11) is 0. The minimum atomic E-state index is -2.52. The Morgan fingerprint density at radius 3 is 2.47 bits per heavy atom. The molecule has 0 N–H and O–H groups in total. The zero-order valence-electron chi connectivity index (χ0n) is 9.31. The fourth-order valence-corrected chi connectivity index (χ4v) is 2.63. The Morgan fingerprint density at radius 1 is 1.29 bits per heavy atom. The van der Waals surface area contributed by atoms with Crippen LogP contribution >= 0.6 is 31.9 Å². The van der Waals surface area contributed by atoms with E-state index in [1.165, 1.54) is 0 Å². The zero-order valence-corrected chi connectivity index (χ0v) is 12.5. The van der Waals surface area contributed by atoms with Crippen LogP contribution in [0, 0.1) is 6.92 Å². The zero-order chi connectivity index (χ0) is 12.6. The van der Waals surface area contributed by atoms with Gasteiger partial charge in [-0.3, -0.25) is 0 Å². The molecule has 0 radical (unpaired) electrons. The average molecular weight is 370 g/mol. The number of hydrogen-bond acceptors (Lipinski definition) is 2. The molecule has 0 spiro atoms. The van der Waals surface area contributed by atoms with Crippen LogP contribution in [-0.4, -0.2) is 24.0 Å². The molecule has 1 aromatic rings. The van der Waals surface area contributed by atoms with E-state index in [0.29, 0.717) is 17.7 Å². The first-order valence-electron chi connectivity index (χ1n) is 5.34. The molecule has 0 aliphatic carbocycles. The monoisotopic (exact) mass is 368 g/mol. The fourth-order valence-electron chi connectivity index (χ4n) is 1.91. The van der Waals surface area contributed by atoms with Gasteiger partial charge in [-0.05, 0) is 50.4 Å². The fraction of sp³-hybridized carbons (Fsp3) is 0.545. The van der Waals surface area contributed by atoms with Gasteiger partial charge >= 0.3 is 0 Å². The molecular weight excluding hydrogens is 358 g/mol. The van der Waals surface area contributed by atoms with Crippen LogP contribution in [0.15, 0.2) is 15.1 Å². The van der Waals surface area contributed by atoms with Crippen molar-refractivity contribution in [3.63, 3.8) is 0 Å². The first kappa shape index (κ1) is 13.2. The molecule has 1 aliphatic heterocycles. The van der Waals surface area contributed by atoms with Crippen LogP contribution in [0.4, 0.5) is 14.6 Å². The van der Waals surface area contributed by atoms with Crippen LogP contribution in [0.2, 0.25) is 0 Å². The molecule has 0 atom stereocenters. The number of alkyl halides is 2. The van der Waals surface area contributed by atoms with Crippen LogP contribution in [0.1, 0.15) is 18.4 Å². The van der Waals surface area contributed by atoms with Crippen LogP contribution in [0.25, 0.3) is 0 Å². The summed E-state index contributed by atoms with van der Waals surface area (Å²) in [6.07, 6.45) is -0.191. The number of rotatable bonds is 1. The molecule has 94 valence electrons. The highest BCUT2D eigenvalue weighted by atomic mass is 79.9. The molecule has 2 rings (SSSR count). The van der Waals surface area contributed by atoms with Gasteiger partial charge in [-0.25, -0.2) is 13.8 Å². The summed E-state index contributed by atoms with van der Waals surface area (Å²) in [6, 6.07) is 1.94. The van der Waals surface area contributed by atoms with Crippen molar-refractivity contribution in [1.29, 1.82) is 0 Å². The second-order valence-corrected chi connectivity index (χ2v) is 5.85. The number of hydrogen-bond donors (Lipinski definition) is 0. The second-order valence-electron chi connectivity index (χ2n) is 4.24. The van der Waals surface area contributed by atoms with E-state index in [1.54, 1.807) is 0 Å². The Morgan fingerprint density at radius 2 is 1.88 bits per heavy atom. The SMILES string of the molecule is Cc1cc(Br)c(Br)nc1N1CCC(F)(F)CC1. The Balaban J connectivity index is 2.21. The van der Waals surface area contributed by atoms with Gasteiger partial charge in [0.2, 0.25) is 0 Å². The van der Waals surface area contributed by atoms with Crippen molar-refractivity contribution < 1.29 is 8.78 Å². The molecule has 0 bridgehead atoms. The highest BCUT2D eigenvalue weighted by Crippen LogP contribution is 2.33. The van der Waals surface area contributed by atoms with Crippen molar-refractivity contribution in [2.75, 3.05) is 18.0 Å². The molecule has 6 heteroatoms. The maximum absolute atomic E-state index is 13.1. The Bertz CT molecular complexity index is 428. The summed E-state index contributed by atoms with van der Waals surface area (Å²) in [4.78, 5) is 6.32. The molecule has 0 aromatic carbocycles. The summed E-state index contributed by atoms with van der Waals surface area (Å²) in [5.41, 5.74) is 0.991. The lowest BCUT2D eigenvalue weighted by Gasteiger charge is -2.33. The van der Waals surface area contributed by atoms with Gasteiger partial charge in [-0.1, -0.05) is 0 Å². The molecule has 1 fully saturated rings. The number of pyridine rings is 1. The lowest BCUT2D eigenvalue weighted by Crippen LogP contribution is -2.40. The number of nitrogens with zero attached hydrogens (tertiary/aromatic N) is 2. The Labute approximate surface area is 116 Å². The lowest BCUT2D eigenvalue weighted by atomic mass is 10.1. The Hall–Kier alpha value is -0.230. The topological polar surface area (TPSA) is 16.1 Å². The van der Waals surface area contributed by atoms with E-state index >= 15 is 0 Å². The number of anilines is 1. The van der Waals surface area contributed by atoms with E-state index in [0.717, 1.165) is 15.9 Å². The molecule has 17 heavy (non-hydrogen) atoms. The van der Waals surface area contributed by atoms with Crippen molar-refractivity contribution >= 4 is 37.7 Å². The summed E-state index contributed by atoms with van der Waals surface area (Å²) >= 11 is 6.71. The van der Waals surface area contributed by atoms with Gasteiger partial charge < -0.3 is 4.90 Å². The predicted molar refractivity (Wildman–Crippen MR) is 70.8 cm³/mol. The van der Waals surface area contributed by atoms with Crippen molar-refractivity contribution in [3.8, 4) is 0 Å². The molecule has 0 amide bonds. The van der Waals surface area contributed by atoms with Crippen molar-refractivity contribution in [1.82, 2.24) is 4.98 Å². The molecule has 1 aromatic heterocycles. The van der Waals surface area contributed by atoms with E-state index in [9.17, 15) is 8.78 Å². The third-order valence-electron chi connectivity index (χ3n) is 2.89. The maximum atomic E-state index is 13.1. The first-order valence-corrected chi connectivity index (χ1v) is 6.93. The van der Waals surface area contributed by atoms with Crippen molar-refractivity contribution in [2.45, 2.75) is 25.7 Å². The molecule has 1 saturated heterocycles. The number of aryl methyl sites for hydroxylation is 1. The van der Waals surface area contributed by atoms with Gasteiger partial charge in [0.25, 0.3) is 5.92 Å². The van der Waals surface area contributed by atoms with Crippen molar-refractivity contribution in [3.05, 3.63) is 20.7 Å². The minimum absolute atomic E-state index is 0.0954. The van der Waals surface area contributed by atoms with Gasteiger partial charge in [0, 0.05) is 25.9 Å². The molecule has 1 aliphatic rings. The summed E-state index contributed by atoms with van der Waals surface area (Å²) in [6.45, 7) is 2.65. The average Bonchev–Trinajstić information content (AvgIpc) is 2.24. The molecule has 2 nitrogen and oxygen atoms in total. The largest absolute Gasteiger partial charge is 0.356 e. The van der Waals surface area contributed by atoms with E-state index in [4.69, 9.17) is 0 Å². The van der Waals surface area contributed by atoms with Crippen LogP contribution in [0.5, 0.6) is 0 Å². The van der Waals surface area contributed by atoms with Gasteiger partial charge in [0.05, 0.1) is 4.47 Å². The normalized spacial score (nSPS) is 19.5. The summed E-state index contributed by atoms with van der Waals surface area (Å²) in [5.74, 6) is -1.73. The number of piperidine rings is 1. The van der Waals surface area contributed by atoms with Crippen molar-refractivity contribution in [2.24, 2.45) is 0 Å². The third-order valence-corrected chi connectivity index (χ3v) is 4.63. The van der Waals surface area contributed by atoms with E-state index in [2.05, 4.69) is 36.8 Å². The first-order chi connectivity index (χ1) is 7.89. The predicted octanol–water partition coefficient (Wildman–Crippen LogP) is 4.15. The van der Waals surface area contributed by atoms with Gasteiger partial charge in [-0.2, -0.15) is 0 Å². The second kappa shape index (κ2) is 4.80. The summed E-state index contributed by atoms with van der Waals surface area (Å²) < 4.78 is 27.7. The standard InChI is InChI=1S/C11H12Br2F2N2/c1-7-6-8(12)9(13)16-10(7)17-4-2-11(14,15)3-5-17/h6H,2-5H2,1H3. The van der Waals surface area contributed by atoms with Crippen LogP contribution in [0.3, 0.4) is 0 Å². The molecule has 0 saturated carbocycles. The van der Waals surface area contributed by atoms with E-state index in [1.807, 2.05) is 17.9 Å². The minimum Gasteiger partial charge on any atom is -0.356 e. The lowest BCUT2D eigenvalue weighted by molar-refractivity contribution is -0.0221. The van der Waals surface area contributed by atoms with Gasteiger partial charge in [0.15, 0.2) is 0 Å². The van der Waals surface area contributed by atoms with E-state index < -0.39 is 5.92 Å². The van der Waals surface area contributed by atoms with E-state index in [-0.39, 0.29) is 12.8 Å². The smallest absolute Gasteiger partial charge is 0.251 e. The molecular formula is C11H12Br2F2N2.